The highest BCUT2D eigenvalue weighted by molar-refractivity contribution is 8.00. The molecule has 1 heterocycles. The molecule has 0 radical (unpaired) electrons. The second-order valence-corrected chi connectivity index (χ2v) is 5.12. The topological polar surface area (TPSA) is 78.9 Å². The van der Waals surface area contributed by atoms with Gasteiger partial charge in [-0.2, -0.15) is 0 Å². The number of aliphatic hydroxyl groups is 1. The molecule has 0 aromatic heterocycles. The number of morpholine rings is 1. The Hall–Kier alpha value is -0.790. The van der Waals surface area contributed by atoms with E-state index in [1.54, 1.807) is 11.8 Å². The second-order valence-electron chi connectivity index (χ2n) is 4.14. The zero-order valence-electron chi connectivity index (χ0n) is 10.6. The Balaban J connectivity index is 2.09. The minimum atomic E-state index is -0.547. The molecule has 0 saturated carbocycles. The number of rotatable bonds is 6. The summed E-state index contributed by atoms with van der Waals surface area (Å²) in [6.45, 7) is 4.30. The molecule has 0 aromatic rings. The summed E-state index contributed by atoms with van der Waals surface area (Å²) >= 11 is 1.29. The number of nitrogens with one attached hydrogen (secondary N) is 1. The first kappa shape index (κ1) is 15.3. The van der Waals surface area contributed by atoms with E-state index in [1.807, 2.05) is 0 Å². The fourth-order valence-corrected chi connectivity index (χ4v) is 2.19. The maximum Gasteiger partial charge on any atom is 0.232 e. The molecule has 0 aliphatic carbocycles. The quantitative estimate of drug-likeness (QED) is 0.656. The lowest BCUT2D eigenvalue weighted by Gasteiger charge is -2.26. The fourth-order valence-electron chi connectivity index (χ4n) is 1.45. The van der Waals surface area contributed by atoms with Gasteiger partial charge >= 0.3 is 0 Å². The number of aliphatic hydroxyl groups excluding tert-OH is 1. The maximum atomic E-state index is 11.7. The van der Waals surface area contributed by atoms with E-state index in [-0.39, 0.29) is 24.1 Å². The van der Waals surface area contributed by atoms with E-state index in [4.69, 9.17) is 9.84 Å². The third-order valence-corrected chi connectivity index (χ3v) is 3.33. The van der Waals surface area contributed by atoms with Crippen LogP contribution in [0.3, 0.4) is 0 Å². The van der Waals surface area contributed by atoms with Crippen LogP contribution in [0, 0.1) is 0 Å². The van der Waals surface area contributed by atoms with E-state index in [1.165, 1.54) is 11.8 Å². The van der Waals surface area contributed by atoms with Gasteiger partial charge in [-0.1, -0.05) is 0 Å². The molecule has 2 amide bonds. The number of nitrogens with zero attached hydrogens (tertiary/aromatic N) is 1. The van der Waals surface area contributed by atoms with Gasteiger partial charge in [0.2, 0.25) is 11.8 Å². The molecule has 104 valence electrons. The molecule has 0 aromatic carbocycles. The van der Waals surface area contributed by atoms with Gasteiger partial charge in [0, 0.05) is 19.6 Å². The molecule has 1 aliphatic rings. The van der Waals surface area contributed by atoms with E-state index in [0.717, 1.165) is 0 Å². The summed E-state index contributed by atoms with van der Waals surface area (Å²) in [7, 11) is 0. The van der Waals surface area contributed by atoms with E-state index in [9.17, 15) is 9.59 Å². The van der Waals surface area contributed by atoms with Crippen molar-refractivity contribution < 1.29 is 19.4 Å². The van der Waals surface area contributed by atoms with Crippen LogP contribution in [0.25, 0.3) is 0 Å². The third-order valence-electron chi connectivity index (χ3n) is 2.42. The van der Waals surface area contributed by atoms with Gasteiger partial charge in [-0.05, 0) is 6.92 Å². The minimum Gasteiger partial charge on any atom is -0.392 e. The molecule has 1 fully saturated rings. The second kappa shape index (κ2) is 8.34. The van der Waals surface area contributed by atoms with Crippen molar-refractivity contribution in [3.05, 3.63) is 0 Å². The molecule has 0 spiro atoms. The predicted octanol–water partition coefficient (Wildman–Crippen LogP) is -0.925. The average molecular weight is 276 g/mol. The monoisotopic (exact) mass is 276 g/mol. The van der Waals surface area contributed by atoms with Crippen LogP contribution >= 0.6 is 11.8 Å². The Kier molecular flexibility index (Phi) is 7.07. The molecule has 1 aliphatic heterocycles. The van der Waals surface area contributed by atoms with Crippen molar-refractivity contribution in [2.75, 3.05) is 44.4 Å². The summed E-state index contributed by atoms with van der Waals surface area (Å²) in [5.41, 5.74) is 0. The van der Waals surface area contributed by atoms with Gasteiger partial charge in [0.05, 0.1) is 30.8 Å². The molecule has 0 unspecified atom stereocenters. The molecule has 18 heavy (non-hydrogen) atoms. The van der Waals surface area contributed by atoms with Crippen LogP contribution in [0.5, 0.6) is 0 Å². The molecule has 0 bridgehead atoms. The standard InChI is InChI=1S/C11H20N2O4S/c1-9(14)6-12-10(15)7-18-8-11(16)13-2-4-17-5-3-13/h9,14H,2-8H2,1H3,(H,12,15)/t9-/m1/s1. The molecule has 2 N–H and O–H groups in total. The number of thioether (sulfide) groups is 1. The SMILES string of the molecule is C[C@@H](O)CNC(=O)CSCC(=O)N1CCOCC1. The van der Waals surface area contributed by atoms with E-state index >= 15 is 0 Å². The summed E-state index contributed by atoms with van der Waals surface area (Å²) in [6.07, 6.45) is -0.547. The van der Waals surface area contributed by atoms with Crippen LogP contribution in [-0.2, 0) is 14.3 Å². The van der Waals surface area contributed by atoms with Crippen LogP contribution < -0.4 is 5.32 Å². The summed E-state index contributed by atoms with van der Waals surface area (Å²) in [5.74, 6) is 0.438. The highest BCUT2D eigenvalue weighted by atomic mass is 32.2. The Bertz CT molecular complexity index is 280. The van der Waals surface area contributed by atoms with Gasteiger partial charge in [0.15, 0.2) is 0 Å². The van der Waals surface area contributed by atoms with Crippen molar-refractivity contribution in [3.63, 3.8) is 0 Å². The van der Waals surface area contributed by atoms with Gasteiger partial charge < -0.3 is 20.1 Å². The summed E-state index contributed by atoms with van der Waals surface area (Å²) in [6, 6.07) is 0. The highest BCUT2D eigenvalue weighted by Crippen LogP contribution is 2.04. The van der Waals surface area contributed by atoms with Crippen molar-refractivity contribution in [2.45, 2.75) is 13.0 Å². The molecular formula is C11H20N2O4S. The molecule has 7 heteroatoms. The Labute approximate surface area is 111 Å². The van der Waals surface area contributed by atoms with Gasteiger partial charge in [0.25, 0.3) is 0 Å². The number of amides is 2. The van der Waals surface area contributed by atoms with Gasteiger partial charge in [-0.25, -0.2) is 0 Å². The molecular weight excluding hydrogens is 256 g/mol. The van der Waals surface area contributed by atoms with Gasteiger partial charge in [-0.3, -0.25) is 9.59 Å². The normalized spacial score (nSPS) is 17.3. The lowest BCUT2D eigenvalue weighted by molar-refractivity contribution is -0.132. The smallest absolute Gasteiger partial charge is 0.232 e. The molecule has 1 saturated heterocycles. The van der Waals surface area contributed by atoms with Crippen molar-refractivity contribution in [2.24, 2.45) is 0 Å². The zero-order valence-corrected chi connectivity index (χ0v) is 11.4. The first-order chi connectivity index (χ1) is 8.59. The summed E-state index contributed by atoms with van der Waals surface area (Å²) < 4.78 is 5.16. The lowest BCUT2D eigenvalue weighted by atomic mass is 10.4. The fraction of sp³-hybridized carbons (Fsp3) is 0.818. The van der Waals surface area contributed by atoms with Crippen LogP contribution in [0.1, 0.15) is 6.92 Å². The van der Waals surface area contributed by atoms with E-state index < -0.39 is 6.10 Å². The third kappa shape index (κ3) is 6.23. The minimum absolute atomic E-state index is 0.0478. The van der Waals surface area contributed by atoms with Crippen molar-refractivity contribution in [3.8, 4) is 0 Å². The van der Waals surface area contributed by atoms with Crippen molar-refractivity contribution >= 4 is 23.6 Å². The van der Waals surface area contributed by atoms with E-state index in [2.05, 4.69) is 5.32 Å². The number of hydrogen-bond donors (Lipinski definition) is 2. The Morgan fingerprint density at radius 2 is 2.06 bits per heavy atom. The molecule has 1 rings (SSSR count). The molecule has 6 nitrogen and oxygen atoms in total. The average Bonchev–Trinajstić information content (AvgIpc) is 2.37. The number of carbonyl (C=O) groups excluding carboxylic acids is 2. The van der Waals surface area contributed by atoms with Crippen LogP contribution in [0.4, 0.5) is 0 Å². The first-order valence-electron chi connectivity index (χ1n) is 5.97. The highest BCUT2D eigenvalue weighted by Gasteiger charge is 2.16. The van der Waals surface area contributed by atoms with Gasteiger partial charge in [0.1, 0.15) is 0 Å². The van der Waals surface area contributed by atoms with Crippen LogP contribution in [0.2, 0.25) is 0 Å². The first-order valence-corrected chi connectivity index (χ1v) is 7.13. The van der Waals surface area contributed by atoms with Crippen molar-refractivity contribution in [1.82, 2.24) is 10.2 Å². The Morgan fingerprint density at radius 1 is 1.39 bits per heavy atom. The predicted molar refractivity (Wildman–Crippen MR) is 69.4 cm³/mol. The largest absolute Gasteiger partial charge is 0.392 e. The number of hydrogen-bond acceptors (Lipinski definition) is 5. The molecule has 1 atom stereocenters. The van der Waals surface area contributed by atoms with Crippen molar-refractivity contribution in [1.29, 1.82) is 0 Å². The van der Waals surface area contributed by atoms with E-state index in [0.29, 0.717) is 32.1 Å². The van der Waals surface area contributed by atoms with Crippen LogP contribution in [0.15, 0.2) is 0 Å². The lowest BCUT2D eigenvalue weighted by Crippen LogP contribution is -2.41. The summed E-state index contributed by atoms with van der Waals surface area (Å²) in [5, 5.41) is 11.6. The zero-order chi connectivity index (χ0) is 13.4. The van der Waals surface area contributed by atoms with Crippen LogP contribution in [-0.4, -0.2) is 72.3 Å². The number of carbonyl (C=O) groups is 2. The maximum absolute atomic E-state index is 11.7. The number of ether oxygens (including phenoxy) is 1. The summed E-state index contributed by atoms with van der Waals surface area (Å²) in [4.78, 5) is 24.8. The Morgan fingerprint density at radius 3 is 2.67 bits per heavy atom. The van der Waals surface area contributed by atoms with Gasteiger partial charge in [-0.15, -0.1) is 11.8 Å².